The topological polar surface area (TPSA) is 47.9 Å². The summed E-state index contributed by atoms with van der Waals surface area (Å²) in [5, 5.41) is 14.2. The van der Waals surface area contributed by atoms with Crippen LogP contribution in [0.4, 0.5) is 0 Å². The van der Waals surface area contributed by atoms with E-state index >= 15 is 0 Å². The molecule has 0 amide bonds. The van der Waals surface area contributed by atoms with Crippen molar-refractivity contribution < 1.29 is 20.2 Å². The molecule has 44 valence electrons. The van der Waals surface area contributed by atoms with Gasteiger partial charge in [0.05, 0.1) is 6.61 Å². The minimum atomic E-state index is 0.417. The molecule has 4 heteroatoms. The Morgan fingerprint density at radius 1 is 1.57 bits per heavy atom. The highest BCUT2D eigenvalue weighted by Gasteiger charge is 1.80. The lowest BCUT2D eigenvalue weighted by Crippen LogP contribution is -1.93. The molecule has 0 aliphatic rings. The second-order valence-electron chi connectivity index (χ2n) is 0.965. The van der Waals surface area contributed by atoms with Crippen LogP contribution >= 0.6 is 0 Å². The highest BCUT2D eigenvalue weighted by molar-refractivity contribution is 4.13. The summed E-state index contributed by atoms with van der Waals surface area (Å²) in [4.78, 5) is 4.16. The zero-order valence-corrected chi connectivity index (χ0v) is 4.09. The van der Waals surface area contributed by atoms with Gasteiger partial charge in [-0.05, 0) is 16.5 Å². The summed E-state index contributed by atoms with van der Waals surface area (Å²) in [7, 11) is 0. The summed E-state index contributed by atoms with van der Waals surface area (Å²) in [5.74, 6) is 0. The fourth-order valence-electron chi connectivity index (χ4n) is 0.139. The summed E-state index contributed by atoms with van der Waals surface area (Å²) in [6.07, 6.45) is 0.823. The molecule has 0 aliphatic carbocycles. The van der Waals surface area contributed by atoms with E-state index in [-0.39, 0.29) is 0 Å². The molecule has 0 aromatic heterocycles. The van der Waals surface area contributed by atoms with E-state index in [0.717, 1.165) is 6.42 Å². The van der Waals surface area contributed by atoms with E-state index in [0.29, 0.717) is 6.61 Å². The third kappa shape index (κ3) is 5.84. The quantitative estimate of drug-likeness (QED) is 0.328. The molecule has 0 aromatic carbocycles. The van der Waals surface area contributed by atoms with Gasteiger partial charge >= 0.3 is 0 Å². The fraction of sp³-hybridized carbons (Fsp3) is 1.00. The van der Waals surface area contributed by atoms with Crippen molar-refractivity contribution in [2.75, 3.05) is 6.61 Å². The molecule has 0 rings (SSSR count). The number of rotatable bonds is 4. The lowest BCUT2D eigenvalue weighted by molar-refractivity contribution is -0.623. The van der Waals surface area contributed by atoms with Gasteiger partial charge < -0.3 is 0 Å². The molecular weight excluding hydrogens is 100 g/mol. The van der Waals surface area contributed by atoms with Gasteiger partial charge in [0, 0.05) is 0 Å². The lowest BCUT2D eigenvalue weighted by atomic mass is 10.5. The number of hydrogen-bond acceptors (Lipinski definition) is 4. The monoisotopic (exact) mass is 108 g/mol. The van der Waals surface area contributed by atoms with E-state index in [2.05, 4.69) is 15.0 Å². The van der Waals surface area contributed by atoms with Gasteiger partial charge in [-0.25, -0.2) is 10.1 Å². The molecule has 0 fully saturated rings. The molecular formula is C3H8O4. The van der Waals surface area contributed by atoms with Crippen molar-refractivity contribution in [3.05, 3.63) is 0 Å². The second-order valence-corrected chi connectivity index (χ2v) is 0.965. The smallest absolute Gasteiger partial charge is 0.0852 e. The van der Waals surface area contributed by atoms with Crippen molar-refractivity contribution in [3.8, 4) is 0 Å². The molecule has 0 aromatic rings. The maximum absolute atomic E-state index is 7.45. The van der Waals surface area contributed by atoms with Crippen molar-refractivity contribution in [3.63, 3.8) is 0 Å². The number of hydrogen-bond donors (Lipinski definition) is 1. The van der Waals surface area contributed by atoms with Gasteiger partial charge in [0.1, 0.15) is 0 Å². The lowest BCUT2D eigenvalue weighted by Gasteiger charge is -1.91. The Morgan fingerprint density at radius 2 is 2.29 bits per heavy atom. The maximum atomic E-state index is 7.45. The molecule has 0 spiro atoms. The van der Waals surface area contributed by atoms with E-state index in [1.54, 1.807) is 0 Å². The molecule has 0 saturated heterocycles. The van der Waals surface area contributed by atoms with Crippen molar-refractivity contribution >= 4 is 0 Å². The largest absolute Gasteiger partial charge is 0.219 e. The molecule has 0 bridgehead atoms. The normalized spacial score (nSPS) is 9.43. The Balaban J connectivity index is 2.45. The second kappa shape index (κ2) is 5.84. The van der Waals surface area contributed by atoms with Gasteiger partial charge in [0.2, 0.25) is 0 Å². The summed E-state index contributed by atoms with van der Waals surface area (Å²) in [6, 6.07) is 0. The Labute approximate surface area is 41.4 Å². The van der Waals surface area contributed by atoms with E-state index in [9.17, 15) is 0 Å². The van der Waals surface area contributed by atoms with Gasteiger partial charge in [-0.3, -0.25) is 0 Å². The van der Waals surface area contributed by atoms with Crippen LogP contribution in [-0.2, 0) is 15.0 Å². The van der Waals surface area contributed by atoms with Crippen LogP contribution in [0.5, 0.6) is 0 Å². The summed E-state index contributed by atoms with van der Waals surface area (Å²) < 4.78 is 0. The molecule has 0 heterocycles. The average Bonchev–Trinajstić information content (AvgIpc) is 1.69. The van der Waals surface area contributed by atoms with E-state index in [1.165, 1.54) is 0 Å². The molecule has 0 aliphatic heterocycles. The van der Waals surface area contributed by atoms with Crippen LogP contribution in [0, 0.1) is 0 Å². The van der Waals surface area contributed by atoms with Crippen LogP contribution in [0.3, 0.4) is 0 Å². The van der Waals surface area contributed by atoms with E-state index < -0.39 is 0 Å². The summed E-state index contributed by atoms with van der Waals surface area (Å²) >= 11 is 0. The van der Waals surface area contributed by atoms with Crippen molar-refractivity contribution in [1.29, 1.82) is 0 Å². The Morgan fingerprint density at radius 3 is 2.71 bits per heavy atom. The van der Waals surface area contributed by atoms with Crippen LogP contribution < -0.4 is 0 Å². The summed E-state index contributed by atoms with van der Waals surface area (Å²) in [6.45, 7) is 2.32. The zero-order chi connectivity index (χ0) is 5.54. The minimum absolute atomic E-state index is 0.417. The third-order valence-electron chi connectivity index (χ3n) is 0.366. The molecule has 4 nitrogen and oxygen atoms in total. The van der Waals surface area contributed by atoms with Crippen molar-refractivity contribution in [2.45, 2.75) is 13.3 Å². The highest BCUT2D eigenvalue weighted by atomic mass is 17.6. The first-order valence-electron chi connectivity index (χ1n) is 2.01. The minimum Gasteiger partial charge on any atom is -0.219 e. The molecule has 1 N–H and O–H groups in total. The average molecular weight is 108 g/mol. The fourth-order valence-corrected chi connectivity index (χ4v) is 0.139. The predicted molar refractivity (Wildman–Crippen MR) is 21.0 cm³/mol. The Hall–Kier alpha value is -0.160. The first-order chi connectivity index (χ1) is 3.41. The van der Waals surface area contributed by atoms with Gasteiger partial charge in [-0.15, -0.1) is 0 Å². The SMILES string of the molecule is CCCOOOO. The van der Waals surface area contributed by atoms with Gasteiger partial charge in [-0.1, -0.05) is 6.92 Å². The molecule has 7 heavy (non-hydrogen) atoms. The maximum Gasteiger partial charge on any atom is 0.0852 e. The van der Waals surface area contributed by atoms with Gasteiger partial charge in [0.25, 0.3) is 0 Å². The van der Waals surface area contributed by atoms with Crippen molar-refractivity contribution in [1.82, 2.24) is 0 Å². The highest BCUT2D eigenvalue weighted by Crippen LogP contribution is 1.79. The van der Waals surface area contributed by atoms with Gasteiger partial charge in [-0.2, -0.15) is 0 Å². The van der Waals surface area contributed by atoms with E-state index in [1.807, 2.05) is 6.92 Å². The first-order valence-corrected chi connectivity index (χ1v) is 2.01. The van der Waals surface area contributed by atoms with Crippen LogP contribution in [0.2, 0.25) is 0 Å². The molecule has 0 saturated carbocycles. The predicted octanol–water partition coefficient (Wildman–Crippen LogP) is 0.749. The third-order valence-corrected chi connectivity index (χ3v) is 0.366. The zero-order valence-electron chi connectivity index (χ0n) is 4.09. The van der Waals surface area contributed by atoms with Crippen LogP contribution in [-0.4, -0.2) is 11.9 Å². The first kappa shape index (κ1) is 6.84. The van der Waals surface area contributed by atoms with Crippen LogP contribution in [0.15, 0.2) is 0 Å². The Kier molecular flexibility index (Phi) is 5.71. The molecule has 0 radical (unpaired) electrons. The van der Waals surface area contributed by atoms with Crippen molar-refractivity contribution in [2.24, 2.45) is 0 Å². The van der Waals surface area contributed by atoms with Crippen LogP contribution in [0.1, 0.15) is 13.3 Å². The summed E-state index contributed by atoms with van der Waals surface area (Å²) in [5.41, 5.74) is 0. The molecule has 0 atom stereocenters. The van der Waals surface area contributed by atoms with Gasteiger partial charge in [0.15, 0.2) is 0 Å². The Bertz CT molecular complexity index is 26.1. The van der Waals surface area contributed by atoms with Crippen LogP contribution in [0.25, 0.3) is 0 Å². The van der Waals surface area contributed by atoms with E-state index in [4.69, 9.17) is 5.26 Å². The molecule has 0 unspecified atom stereocenters. The standard InChI is InChI=1S/C3H8O4/c1-2-3-5-7-6-4/h4H,2-3H2,1H3.